The number of rotatable bonds is 11. The van der Waals surface area contributed by atoms with E-state index in [-0.39, 0.29) is 4.90 Å². The fourth-order valence-electron chi connectivity index (χ4n) is 3.48. The highest BCUT2D eigenvalue weighted by atomic mass is 79.9. The second-order valence-corrected chi connectivity index (χ2v) is 10.6. The molecule has 0 radical (unpaired) electrons. The topological polar surface area (TPSA) is 116 Å². The number of sulfonamides is 1. The Morgan fingerprint density at radius 1 is 0.921 bits per heavy atom. The maximum Gasteiger partial charge on any atom is 0.264 e. The quantitative estimate of drug-likeness (QED) is 0.258. The van der Waals surface area contributed by atoms with Gasteiger partial charge in [0.2, 0.25) is 5.75 Å². The molecule has 0 aliphatic rings. The van der Waals surface area contributed by atoms with Crippen molar-refractivity contribution in [2.45, 2.75) is 11.8 Å². The first-order valence-electron chi connectivity index (χ1n) is 11.2. The molecule has 3 aromatic rings. The Balaban J connectivity index is 1.87. The summed E-state index contributed by atoms with van der Waals surface area (Å²) in [6, 6.07) is 14.5. The number of nitrogens with one attached hydrogen (secondary N) is 1. The fraction of sp³-hybridized carbons (Fsp3) is 0.231. The van der Waals surface area contributed by atoms with E-state index in [1.165, 1.54) is 52.9 Å². The number of anilines is 1. The van der Waals surface area contributed by atoms with E-state index in [2.05, 4.69) is 26.5 Å². The Morgan fingerprint density at radius 3 is 2.05 bits per heavy atom. The minimum absolute atomic E-state index is 0.0144. The molecule has 0 unspecified atom stereocenters. The third kappa shape index (κ3) is 6.56. The molecule has 0 atom stereocenters. The molecule has 10 nitrogen and oxygen atoms in total. The first-order chi connectivity index (χ1) is 18.1. The second kappa shape index (κ2) is 12.7. The number of hydrogen-bond donors (Lipinski definition) is 1. The number of carbonyl (C=O) groups excluding carboxylic acids is 1. The molecule has 0 aliphatic heterocycles. The second-order valence-electron chi connectivity index (χ2n) is 7.90. The van der Waals surface area contributed by atoms with Crippen LogP contribution < -0.4 is 28.7 Å². The lowest BCUT2D eigenvalue weighted by atomic mass is 10.2. The normalized spacial score (nSPS) is 11.2. The smallest absolute Gasteiger partial charge is 0.264 e. The van der Waals surface area contributed by atoms with Gasteiger partial charge in [-0.15, -0.1) is 0 Å². The summed E-state index contributed by atoms with van der Waals surface area (Å²) in [4.78, 5) is 12.8. The van der Waals surface area contributed by atoms with E-state index in [0.717, 1.165) is 9.87 Å². The van der Waals surface area contributed by atoms with Gasteiger partial charge in [0.05, 0.1) is 49.7 Å². The summed E-state index contributed by atoms with van der Waals surface area (Å²) in [5, 5.41) is 3.98. The van der Waals surface area contributed by atoms with Gasteiger partial charge in [0.1, 0.15) is 12.3 Å². The number of amides is 1. The highest BCUT2D eigenvalue weighted by Crippen LogP contribution is 2.37. The van der Waals surface area contributed by atoms with Crippen LogP contribution in [-0.4, -0.2) is 55.5 Å². The van der Waals surface area contributed by atoms with E-state index in [4.69, 9.17) is 18.9 Å². The van der Waals surface area contributed by atoms with E-state index in [0.29, 0.717) is 38.7 Å². The Hall–Kier alpha value is -3.77. The molecule has 1 N–H and O–H groups in total. The minimum atomic E-state index is -4.12. The first kappa shape index (κ1) is 28.8. The lowest BCUT2D eigenvalue weighted by Crippen LogP contribution is -2.39. The number of hydrazone groups is 1. The van der Waals surface area contributed by atoms with Crippen molar-refractivity contribution in [1.29, 1.82) is 0 Å². The molecule has 12 heteroatoms. The maximum absolute atomic E-state index is 13.6. The highest BCUT2D eigenvalue weighted by molar-refractivity contribution is 9.10. The Bertz CT molecular complexity index is 1400. The molecule has 202 valence electrons. The summed E-state index contributed by atoms with van der Waals surface area (Å²) in [6.45, 7) is 1.37. The average molecular weight is 606 g/mol. The zero-order valence-electron chi connectivity index (χ0n) is 21.5. The molecule has 1 amide bonds. The van der Waals surface area contributed by atoms with Crippen LogP contribution in [-0.2, 0) is 14.8 Å². The predicted molar refractivity (Wildman–Crippen MR) is 148 cm³/mol. The molecule has 0 bridgehead atoms. The Kier molecular flexibility index (Phi) is 9.59. The average Bonchev–Trinajstić information content (AvgIpc) is 2.91. The third-order valence-corrected chi connectivity index (χ3v) is 7.80. The molecular formula is C26H28BrN3O7S. The number of benzene rings is 3. The van der Waals surface area contributed by atoms with Crippen LogP contribution in [0.25, 0.3) is 0 Å². The third-order valence-electron chi connectivity index (χ3n) is 5.41. The SMILES string of the molecule is COc1ccc(S(=O)(=O)N(CC(=O)N/N=C\c2cc(OC)c(OC)c(OC)c2)c2ccc(C)cc2)cc1Br. The summed E-state index contributed by atoms with van der Waals surface area (Å²) in [5.74, 6) is 1.08. The van der Waals surface area contributed by atoms with Gasteiger partial charge in [-0.25, -0.2) is 13.8 Å². The van der Waals surface area contributed by atoms with E-state index < -0.39 is 22.5 Å². The summed E-state index contributed by atoms with van der Waals surface area (Å²) < 4.78 is 49.8. The van der Waals surface area contributed by atoms with Crippen LogP contribution in [0.5, 0.6) is 23.0 Å². The van der Waals surface area contributed by atoms with Crippen molar-refractivity contribution in [2.75, 3.05) is 39.3 Å². The van der Waals surface area contributed by atoms with Crippen molar-refractivity contribution in [3.05, 3.63) is 70.2 Å². The summed E-state index contributed by atoms with van der Waals surface area (Å²) in [6.07, 6.45) is 1.38. The van der Waals surface area contributed by atoms with Crippen LogP contribution in [0.3, 0.4) is 0 Å². The first-order valence-corrected chi connectivity index (χ1v) is 13.4. The van der Waals surface area contributed by atoms with Crippen LogP contribution in [0.15, 0.2) is 69.1 Å². The van der Waals surface area contributed by atoms with E-state index in [9.17, 15) is 13.2 Å². The van der Waals surface area contributed by atoms with Gasteiger partial charge in [0, 0.05) is 5.56 Å². The predicted octanol–water partition coefficient (Wildman–Crippen LogP) is 4.14. The molecule has 0 saturated heterocycles. The van der Waals surface area contributed by atoms with Gasteiger partial charge in [0.25, 0.3) is 15.9 Å². The molecule has 0 heterocycles. The van der Waals surface area contributed by atoms with E-state index in [1.807, 2.05) is 6.92 Å². The molecule has 0 spiro atoms. The number of hydrogen-bond acceptors (Lipinski definition) is 8. The van der Waals surface area contributed by atoms with Crippen molar-refractivity contribution in [3.8, 4) is 23.0 Å². The van der Waals surface area contributed by atoms with Crippen LogP contribution in [0, 0.1) is 6.92 Å². The van der Waals surface area contributed by atoms with E-state index >= 15 is 0 Å². The lowest BCUT2D eigenvalue weighted by molar-refractivity contribution is -0.119. The number of ether oxygens (including phenoxy) is 4. The van der Waals surface area contributed by atoms with Crippen LogP contribution >= 0.6 is 15.9 Å². The largest absolute Gasteiger partial charge is 0.496 e. The number of aryl methyl sites for hydroxylation is 1. The lowest BCUT2D eigenvalue weighted by Gasteiger charge is -2.24. The molecule has 38 heavy (non-hydrogen) atoms. The maximum atomic E-state index is 13.6. The van der Waals surface area contributed by atoms with Gasteiger partial charge in [-0.3, -0.25) is 9.10 Å². The van der Waals surface area contributed by atoms with Gasteiger partial charge in [0.15, 0.2) is 11.5 Å². The van der Waals surface area contributed by atoms with Gasteiger partial charge in [-0.2, -0.15) is 5.10 Å². The van der Waals surface area contributed by atoms with Crippen molar-refractivity contribution in [1.82, 2.24) is 5.43 Å². The van der Waals surface area contributed by atoms with Gasteiger partial charge in [-0.05, 0) is 65.3 Å². The van der Waals surface area contributed by atoms with Crippen molar-refractivity contribution in [2.24, 2.45) is 5.10 Å². The van der Waals surface area contributed by atoms with Gasteiger partial charge in [-0.1, -0.05) is 17.7 Å². The molecule has 0 saturated carbocycles. The Morgan fingerprint density at radius 2 is 1.53 bits per heavy atom. The summed E-state index contributed by atoms with van der Waals surface area (Å²) >= 11 is 3.32. The number of methoxy groups -OCH3 is 4. The molecule has 0 fully saturated rings. The van der Waals surface area contributed by atoms with E-state index in [1.54, 1.807) is 36.4 Å². The number of halogens is 1. The fourth-order valence-corrected chi connectivity index (χ4v) is 5.62. The molecule has 0 aromatic heterocycles. The van der Waals surface area contributed by atoms with Crippen molar-refractivity contribution in [3.63, 3.8) is 0 Å². The van der Waals surface area contributed by atoms with Gasteiger partial charge < -0.3 is 18.9 Å². The Labute approximate surface area is 230 Å². The number of carbonyl (C=O) groups is 1. The summed E-state index contributed by atoms with van der Waals surface area (Å²) in [7, 11) is 1.83. The summed E-state index contributed by atoms with van der Waals surface area (Å²) in [5.41, 5.74) is 4.21. The molecule has 0 aliphatic carbocycles. The monoisotopic (exact) mass is 605 g/mol. The van der Waals surface area contributed by atoms with Crippen molar-refractivity contribution < 1.29 is 32.2 Å². The molecule has 3 rings (SSSR count). The van der Waals surface area contributed by atoms with Crippen LogP contribution in [0.4, 0.5) is 5.69 Å². The minimum Gasteiger partial charge on any atom is -0.496 e. The van der Waals surface area contributed by atoms with Gasteiger partial charge >= 0.3 is 0 Å². The van der Waals surface area contributed by atoms with Crippen LogP contribution in [0.2, 0.25) is 0 Å². The van der Waals surface area contributed by atoms with Crippen LogP contribution in [0.1, 0.15) is 11.1 Å². The standard InChI is InChI=1S/C26H28BrN3O7S/c1-17-6-8-19(9-7-17)30(38(32,33)20-10-11-22(34-2)21(27)14-20)16-25(31)29-28-15-18-12-23(35-3)26(37-5)24(13-18)36-4/h6-15H,16H2,1-5H3,(H,29,31)/b28-15-. The zero-order valence-corrected chi connectivity index (χ0v) is 23.9. The molecule has 3 aromatic carbocycles. The molecular weight excluding hydrogens is 578 g/mol. The zero-order chi connectivity index (χ0) is 27.9. The number of nitrogens with zero attached hydrogens (tertiary/aromatic N) is 2. The highest BCUT2D eigenvalue weighted by Gasteiger charge is 2.28. The van der Waals surface area contributed by atoms with Crippen molar-refractivity contribution >= 4 is 43.8 Å².